The molecule has 3 N–H and O–H groups in total. The van der Waals surface area contributed by atoms with Crippen LogP contribution in [0.3, 0.4) is 0 Å². The summed E-state index contributed by atoms with van der Waals surface area (Å²) < 4.78 is 0. The maximum absolute atomic E-state index is 11.6. The Morgan fingerprint density at radius 1 is 1.24 bits per heavy atom. The number of imide groups is 1. The highest BCUT2D eigenvalue weighted by atomic mass is 16.4. The van der Waals surface area contributed by atoms with Crippen LogP contribution in [-0.2, 0) is 9.59 Å². The van der Waals surface area contributed by atoms with E-state index in [4.69, 9.17) is 5.11 Å². The summed E-state index contributed by atoms with van der Waals surface area (Å²) in [5, 5.41) is 13.3. The van der Waals surface area contributed by atoms with Gasteiger partial charge in [-0.3, -0.25) is 19.9 Å². The molecule has 0 bridgehead atoms. The first kappa shape index (κ1) is 16.6. The van der Waals surface area contributed by atoms with Gasteiger partial charge in [-0.2, -0.15) is 0 Å². The normalized spacial score (nSPS) is 11.5. The highest BCUT2D eigenvalue weighted by Crippen LogP contribution is 2.07. The molecule has 0 aliphatic heterocycles. The molecule has 1 unspecified atom stereocenters. The molecule has 114 valence electrons. The van der Waals surface area contributed by atoms with Gasteiger partial charge in [0, 0.05) is 19.0 Å². The van der Waals surface area contributed by atoms with Crippen molar-refractivity contribution in [1.29, 1.82) is 0 Å². The van der Waals surface area contributed by atoms with E-state index >= 15 is 0 Å². The maximum atomic E-state index is 11.6. The zero-order valence-corrected chi connectivity index (χ0v) is 11.8. The fraction of sp³-hybridized carbons (Fsp3) is 0.429. The van der Waals surface area contributed by atoms with Crippen LogP contribution in [0.1, 0.15) is 44.3 Å². The summed E-state index contributed by atoms with van der Waals surface area (Å²) in [5.41, 5.74) is 0.696. The SMILES string of the molecule is CC(NC(=O)NC(=O)CCCCC(=O)O)c1ccccn1. The van der Waals surface area contributed by atoms with E-state index in [9.17, 15) is 14.4 Å². The van der Waals surface area contributed by atoms with E-state index in [1.807, 2.05) is 6.07 Å². The zero-order valence-electron chi connectivity index (χ0n) is 11.8. The molecule has 1 aromatic heterocycles. The highest BCUT2D eigenvalue weighted by molar-refractivity contribution is 5.94. The Balaban J connectivity index is 2.26. The largest absolute Gasteiger partial charge is 0.481 e. The van der Waals surface area contributed by atoms with Gasteiger partial charge in [-0.1, -0.05) is 6.07 Å². The molecular weight excluding hydrogens is 274 g/mol. The Hall–Kier alpha value is -2.44. The summed E-state index contributed by atoms with van der Waals surface area (Å²) in [4.78, 5) is 37.5. The average Bonchev–Trinajstić information content (AvgIpc) is 2.44. The lowest BCUT2D eigenvalue weighted by Gasteiger charge is -2.13. The number of rotatable bonds is 7. The van der Waals surface area contributed by atoms with E-state index in [1.54, 1.807) is 25.3 Å². The van der Waals surface area contributed by atoms with E-state index < -0.39 is 17.9 Å². The summed E-state index contributed by atoms with van der Waals surface area (Å²) >= 11 is 0. The number of aliphatic carboxylic acids is 1. The van der Waals surface area contributed by atoms with Gasteiger partial charge >= 0.3 is 12.0 Å². The summed E-state index contributed by atoms with van der Waals surface area (Å²) in [7, 11) is 0. The van der Waals surface area contributed by atoms with Crippen molar-refractivity contribution >= 4 is 17.9 Å². The third-order valence-corrected chi connectivity index (χ3v) is 2.78. The molecule has 1 aromatic rings. The number of unbranched alkanes of at least 4 members (excludes halogenated alkanes) is 1. The molecule has 1 heterocycles. The number of carbonyl (C=O) groups is 3. The van der Waals surface area contributed by atoms with Crippen LogP contribution in [0.4, 0.5) is 4.79 Å². The number of nitrogens with one attached hydrogen (secondary N) is 2. The number of hydrogen-bond acceptors (Lipinski definition) is 4. The number of urea groups is 1. The van der Waals surface area contributed by atoms with Crippen LogP contribution in [0.2, 0.25) is 0 Å². The minimum atomic E-state index is -0.891. The van der Waals surface area contributed by atoms with Crippen molar-refractivity contribution in [3.05, 3.63) is 30.1 Å². The summed E-state index contributed by atoms with van der Waals surface area (Å²) in [6, 6.07) is 4.46. The predicted molar refractivity (Wildman–Crippen MR) is 75.4 cm³/mol. The molecular formula is C14H19N3O4. The first-order valence-electron chi connectivity index (χ1n) is 6.72. The van der Waals surface area contributed by atoms with Crippen LogP contribution in [0.25, 0.3) is 0 Å². The third kappa shape index (κ3) is 7.05. The van der Waals surface area contributed by atoms with Gasteiger partial charge in [0.1, 0.15) is 0 Å². The molecule has 0 aliphatic carbocycles. The second-order valence-corrected chi connectivity index (χ2v) is 4.60. The molecule has 3 amide bonds. The van der Waals surface area contributed by atoms with Crippen LogP contribution in [0.5, 0.6) is 0 Å². The molecule has 0 aliphatic rings. The smallest absolute Gasteiger partial charge is 0.321 e. The molecule has 0 spiro atoms. The molecule has 21 heavy (non-hydrogen) atoms. The number of carbonyl (C=O) groups excluding carboxylic acids is 2. The summed E-state index contributed by atoms with van der Waals surface area (Å²) in [6.45, 7) is 1.76. The van der Waals surface area contributed by atoms with Gasteiger partial charge in [-0.25, -0.2) is 4.79 Å². The number of carboxylic acids is 1. The van der Waals surface area contributed by atoms with Crippen LogP contribution < -0.4 is 10.6 Å². The lowest BCUT2D eigenvalue weighted by Crippen LogP contribution is -2.40. The molecule has 7 heteroatoms. The lowest BCUT2D eigenvalue weighted by atomic mass is 10.2. The summed E-state index contributed by atoms with van der Waals surface area (Å²) in [6.07, 6.45) is 2.61. The van der Waals surface area contributed by atoms with Crippen LogP contribution in [0.15, 0.2) is 24.4 Å². The minimum absolute atomic E-state index is 0.0240. The van der Waals surface area contributed by atoms with Crippen molar-refractivity contribution in [3.63, 3.8) is 0 Å². The molecule has 1 atom stereocenters. The number of carboxylic acid groups (broad SMARTS) is 1. The fourth-order valence-electron chi connectivity index (χ4n) is 1.69. The fourth-order valence-corrected chi connectivity index (χ4v) is 1.69. The van der Waals surface area contributed by atoms with E-state index in [2.05, 4.69) is 15.6 Å². The molecule has 0 saturated heterocycles. The molecule has 1 rings (SSSR count). The number of amides is 3. The van der Waals surface area contributed by atoms with E-state index in [0.29, 0.717) is 18.5 Å². The Bertz CT molecular complexity index is 490. The quantitative estimate of drug-likeness (QED) is 0.662. The summed E-state index contributed by atoms with van der Waals surface area (Å²) in [5.74, 6) is -1.32. The first-order chi connectivity index (χ1) is 9.99. The van der Waals surface area contributed by atoms with Gasteiger partial charge < -0.3 is 10.4 Å². The van der Waals surface area contributed by atoms with Crippen LogP contribution >= 0.6 is 0 Å². The van der Waals surface area contributed by atoms with Crippen molar-refractivity contribution < 1.29 is 19.5 Å². The molecule has 0 aromatic carbocycles. The Morgan fingerprint density at radius 2 is 1.95 bits per heavy atom. The van der Waals surface area contributed by atoms with Gasteiger partial charge in [0.15, 0.2) is 0 Å². The Morgan fingerprint density at radius 3 is 2.57 bits per heavy atom. The Labute approximate surface area is 122 Å². The second kappa shape index (κ2) is 8.68. The van der Waals surface area contributed by atoms with Crippen LogP contribution in [0, 0.1) is 0 Å². The molecule has 0 radical (unpaired) electrons. The van der Waals surface area contributed by atoms with E-state index in [-0.39, 0.29) is 18.9 Å². The third-order valence-electron chi connectivity index (χ3n) is 2.78. The minimum Gasteiger partial charge on any atom is -0.481 e. The number of nitrogens with zero attached hydrogens (tertiary/aromatic N) is 1. The lowest BCUT2D eigenvalue weighted by molar-refractivity contribution is -0.137. The predicted octanol–water partition coefficient (Wildman–Crippen LogP) is 1.61. The Kier molecular flexibility index (Phi) is 6.86. The number of hydrogen-bond donors (Lipinski definition) is 3. The number of aromatic nitrogens is 1. The zero-order chi connectivity index (χ0) is 15.7. The van der Waals surface area contributed by atoms with Crippen molar-refractivity contribution in [1.82, 2.24) is 15.6 Å². The standard InChI is InChI=1S/C14H19N3O4/c1-10(11-6-4-5-9-15-11)16-14(21)17-12(18)7-2-3-8-13(19)20/h4-6,9-10H,2-3,7-8H2,1H3,(H,19,20)(H2,16,17,18,21). The second-order valence-electron chi connectivity index (χ2n) is 4.60. The topological polar surface area (TPSA) is 108 Å². The van der Waals surface area contributed by atoms with Gasteiger partial charge in [0.25, 0.3) is 0 Å². The van der Waals surface area contributed by atoms with Crippen molar-refractivity contribution in [2.45, 2.75) is 38.6 Å². The molecule has 0 saturated carbocycles. The van der Waals surface area contributed by atoms with Gasteiger partial charge in [-0.05, 0) is 31.9 Å². The first-order valence-corrected chi connectivity index (χ1v) is 6.72. The maximum Gasteiger partial charge on any atom is 0.321 e. The van der Waals surface area contributed by atoms with Gasteiger partial charge in [0.2, 0.25) is 5.91 Å². The molecule has 7 nitrogen and oxygen atoms in total. The van der Waals surface area contributed by atoms with Gasteiger partial charge in [-0.15, -0.1) is 0 Å². The van der Waals surface area contributed by atoms with E-state index in [0.717, 1.165) is 0 Å². The number of pyridine rings is 1. The monoisotopic (exact) mass is 293 g/mol. The van der Waals surface area contributed by atoms with E-state index in [1.165, 1.54) is 0 Å². The molecule has 0 fully saturated rings. The average molecular weight is 293 g/mol. The van der Waals surface area contributed by atoms with Crippen LogP contribution in [-0.4, -0.2) is 28.0 Å². The van der Waals surface area contributed by atoms with Crippen molar-refractivity contribution in [3.8, 4) is 0 Å². The van der Waals surface area contributed by atoms with Crippen molar-refractivity contribution in [2.75, 3.05) is 0 Å². The highest BCUT2D eigenvalue weighted by Gasteiger charge is 2.12. The van der Waals surface area contributed by atoms with Crippen molar-refractivity contribution in [2.24, 2.45) is 0 Å². The van der Waals surface area contributed by atoms with Gasteiger partial charge in [0.05, 0.1) is 11.7 Å².